The zero-order valence-electron chi connectivity index (χ0n) is 13.5. The number of rotatable bonds is 3. The number of carbonyl (C=O) groups is 2. The van der Waals surface area contributed by atoms with Gasteiger partial charge in [0.15, 0.2) is 0 Å². The van der Waals surface area contributed by atoms with Gasteiger partial charge in [0.05, 0.1) is 24.2 Å². The Balaban J connectivity index is 0.00000338. The number of alkyl halides is 3. The van der Waals surface area contributed by atoms with Crippen LogP contribution < -0.4 is 5.32 Å². The summed E-state index contributed by atoms with van der Waals surface area (Å²) >= 11 is 0. The summed E-state index contributed by atoms with van der Waals surface area (Å²) in [5.74, 6) is -5.70. The van der Waals surface area contributed by atoms with Crippen molar-refractivity contribution in [3.8, 4) is 0 Å². The molecule has 1 atom stereocenters. The van der Waals surface area contributed by atoms with Gasteiger partial charge in [0, 0.05) is 11.3 Å². The molecule has 0 bridgehead atoms. The van der Waals surface area contributed by atoms with Crippen LogP contribution in [0.15, 0.2) is 46.8 Å². The molecule has 1 aliphatic rings. The van der Waals surface area contributed by atoms with Crippen molar-refractivity contribution in [1.29, 1.82) is 0 Å². The second kappa shape index (κ2) is 7.77. The predicted octanol–water partition coefficient (Wildman–Crippen LogP) is 3.28. The van der Waals surface area contributed by atoms with Crippen molar-refractivity contribution in [2.24, 2.45) is 0 Å². The second-order valence-electron chi connectivity index (χ2n) is 5.20. The van der Waals surface area contributed by atoms with E-state index in [-0.39, 0.29) is 23.7 Å². The molecule has 0 saturated heterocycles. The lowest BCUT2D eigenvalue weighted by molar-refractivity contribution is -0.138. The van der Waals surface area contributed by atoms with Crippen LogP contribution in [0.5, 0.6) is 0 Å². The minimum absolute atomic E-state index is 0. The summed E-state index contributed by atoms with van der Waals surface area (Å²) in [7, 11) is 0.855. The molecule has 2 rings (SSSR count). The molecule has 2 N–H and O–H groups in total. The maximum Gasteiger partial charge on any atom is 0.431 e. The number of nitrogens with one attached hydrogen (secondary N) is 1. The van der Waals surface area contributed by atoms with Crippen molar-refractivity contribution in [2.75, 3.05) is 7.11 Å². The maximum atomic E-state index is 14.2. The standard InChI is InChI=1S/C16H13F4NO4.ClH/c1-7-10(14(22)23)11(8-5-3-4-6-9(8)17)12(15(24)25-2)13(21-7)16(18,19)20;/h3-6,11,21H,1-2H3,(H,22,23);1H. The van der Waals surface area contributed by atoms with E-state index in [4.69, 9.17) is 0 Å². The highest BCUT2D eigenvalue weighted by Gasteiger charge is 2.47. The Labute approximate surface area is 151 Å². The fraction of sp³-hybridized carbons (Fsp3) is 0.250. The summed E-state index contributed by atoms with van der Waals surface area (Å²) in [5, 5.41) is 11.3. The van der Waals surface area contributed by atoms with Crippen LogP contribution in [0, 0.1) is 5.82 Å². The number of hydrogen-bond donors (Lipinski definition) is 2. The number of benzene rings is 1. The summed E-state index contributed by atoms with van der Waals surface area (Å²) in [6, 6.07) is 4.72. The number of carboxylic acid groups (broad SMARTS) is 1. The van der Waals surface area contributed by atoms with Gasteiger partial charge in [-0.25, -0.2) is 14.0 Å². The number of halogens is 5. The van der Waals surface area contributed by atoms with E-state index >= 15 is 0 Å². The number of carbonyl (C=O) groups excluding carboxylic acids is 1. The minimum atomic E-state index is -5.00. The molecule has 1 aromatic rings. The molecule has 1 unspecified atom stereocenters. The van der Waals surface area contributed by atoms with Crippen LogP contribution in [0.4, 0.5) is 17.6 Å². The van der Waals surface area contributed by atoms with Crippen LogP contribution >= 0.6 is 12.4 Å². The molecule has 0 saturated carbocycles. The number of esters is 1. The largest absolute Gasteiger partial charge is 0.478 e. The monoisotopic (exact) mass is 395 g/mol. The zero-order chi connectivity index (χ0) is 18.9. The van der Waals surface area contributed by atoms with Gasteiger partial charge in [-0.05, 0) is 13.0 Å². The Kier molecular flexibility index (Phi) is 6.43. The zero-order valence-corrected chi connectivity index (χ0v) is 14.3. The minimum Gasteiger partial charge on any atom is -0.478 e. The smallest absolute Gasteiger partial charge is 0.431 e. The highest BCUT2D eigenvalue weighted by Crippen LogP contribution is 2.43. The number of dihydropyridines is 1. The fourth-order valence-electron chi connectivity index (χ4n) is 2.68. The van der Waals surface area contributed by atoms with E-state index < -0.39 is 46.7 Å². The van der Waals surface area contributed by atoms with Gasteiger partial charge in [0.25, 0.3) is 0 Å². The van der Waals surface area contributed by atoms with Crippen LogP contribution in [0.1, 0.15) is 18.4 Å². The van der Waals surface area contributed by atoms with E-state index in [9.17, 15) is 32.3 Å². The number of allylic oxidation sites excluding steroid dienone is 2. The molecule has 142 valence electrons. The predicted molar refractivity (Wildman–Crippen MR) is 85.0 cm³/mol. The third-order valence-electron chi connectivity index (χ3n) is 3.70. The van der Waals surface area contributed by atoms with E-state index in [2.05, 4.69) is 4.74 Å². The van der Waals surface area contributed by atoms with E-state index in [1.807, 2.05) is 5.32 Å². The lowest BCUT2D eigenvalue weighted by Gasteiger charge is -2.31. The van der Waals surface area contributed by atoms with Crippen molar-refractivity contribution in [3.05, 3.63) is 58.2 Å². The SMILES string of the molecule is COC(=O)C1=C(C(F)(F)F)NC(C)=C(C(=O)O)C1c1ccccc1F.Cl. The first-order valence-electron chi connectivity index (χ1n) is 6.94. The first-order valence-corrected chi connectivity index (χ1v) is 6.94. The average Bonchev–Trinajstić information content (AvgIpc) is 2.52. The Morgan fingerprint density at radius 1 is 1.19 bits per heavy atom. The van der Waals surface area contributed by atoms with Crippen LogP contribution in [0.25, 0.3) is 0 Å². The summed E-state index contributed by atoms with van der Waals surface area (Å²) < 4.78 is 58.8. The molecule has 0 aliphatic carbocycles. The number of hydrogen-bond acceptors (Lipinski definition) is 4. The second-order valence-corrected chi connectivity index (χ2v) is 5.20. The first-order chi connectivity index (χ1) is 11.6. The van der Waals surface area contributed by atoms with Gasteiger partial charge in [-0.2, -0.15) is 13.2 Å². The summed E-state index contributed by atoms with van der Waals surface area (Å²) in [6.45, 7) is 1.11. The quantitative estimate of drug-likeness (QED) is 0.607. The van der Waals surface area contributed by atoms with Crippen molar-refractivity contribution in [2.45, 2.75) is 19.0 Å². The Morgan fingerprint density at radius 2 is 1.77 bits per heavy atom. The molecule has 1 aliphatic heterocycles. The summed E-state index contributed by atoms with van der Waals surface area (Å²) in [4.78, 5) is 23.6. The van der Waals surface area contributed by atoms with Crippen molar-refractivity contribution in [3.63, 3.8) is 0 Å². The third-order valence-corrected chi connectivity index (χ3v) is 3.70. The van der Waals surface area contributed by atoms with E-state index in [1.165, 1.54) is 12.1 Å². The van der Waals surface area contributed by atoms with E-state index in [0.29, 0.717) is 0 Å². The van der Waals surface area contributed by atoms with Crippen molar-refractivity contribution < 1.29 is 37.0 Å². The Bertz CT molecular complexity index is 802. The highest BCUT2D eigenvalue weighted by atomic mass is 35.5. The van der Waals surface area contributed by atoms with Gasteiger partial charge in [-0.15, -0.1) is 12.4 Å². The molecule has 1 aromatic carbocycles. The van der Waals surface area contributed by atoms with Crippen LogP contribution in [0.2, 0.25) is 0 Å². The molecule has 0 radical (unpaired) electrons. The van der Waals surface area contributed by atoms with Crippen LogP contribution in [-0.4, -0.2) is 30.3 Å². The lowest BCUT2D eigenvalue weighted by atomic mass is 9.80. The maximum absolute atomic E-state index is 14.2. The fourth-order valence-corrected chi connectivity index (χ4v) is 2.68. The average molecular weight is 396 g/mol. The molecule has 1 heterocycles. The van der Waals surface area contributed by atoms with E-state index in [0.717, 1.165) is 26.2 Å². The van der Waals surface area contributed by atoms with Gasteiger partial charge in [-0.3, -0.25) is 0 Å². The number of aliphatic carboxylic acids is 1. The summed E-state index contributed by atoms with van der Waals surface area (Å²) in [6.07, 6.45) is -5.00. The van der Waals surface area contributed by atoms with Crippen molar-refractivity contribution in [1.82, 2.24) is 5.32 Å². The molecular formula is C16H14ClF4NO4. The number of ether oxygens (including phenoxy) is 1. The molecule has 5 nitrogen and oxygen atoms in total. The van der Waals surface area contributed by atoms with Crippen LogP contribution in [-0.2, 0) is 14.3 Å². The third kappa shape index (κ3) is 3.82. The molecule has 0 aromatic heterocycles. The molecule has 0 fully saturated rings. The normalized spacial score (nSPS) is 17.4. The Hall–Kier alpha value is -2.55. The van der Waals surface area contributed by atoms with Crippen molar-refractivity contribution >= 4 is 24.3 Å². The topological polar surface area (TPSA) is 75.6 Å². The highest BCUT2D eigenvalue weighted by molar-refractivity contribution is 5.99. The van der Waals surface area contributed by atoms with Gasteiger partial charge < -0.3 is 15.2 Å². The van der Waals surface area contributed by atoms with Gasteiger partial charge >= 0.3 is 18.1 Å². The molecule has 0 spiro atoms. The molecule has 10 heteroatoms. The van der Waals surface area contributed by atoms with Gasteiger partial charge in [-0.1, -0.05) is 18.2 Å². The number of carboxylic acids is 1. The Morgan fingerprint density at radius 3 is 2.23 bits per heavy atom. The van der Waals surface area contributed by atoms with Gasteiger partial charge in [0.1, 0.15) is 11.5 Å². The molecule has 0 amide bonds. The van der Waals surface area contributed by atoms with Crippen LogP contribution in [0.3, 0.4) is 0 Å². The van der Waals surface area contributed by atoms with Gasteiger partial charge in [0.2, 0.25) is 0 Å². The molecule has 26 heavy (non-hydrogen) atoms. The molecular weight excluding hydrogens is 382 g/mol. The number of methoxy groups -OCH3 is 1. The van der Waals surface area contributed by atoms with E-state index in [1.54, 1.807) is 0 Å². The first kappa shape index (κ1) is 21.5. The summed E-state index contributed by atoms with van der Waals surface area (Å²) in [5.41, 5.74) is -3.78. The lowest BCUT2D eigenvalue weighted by Crippen LogP contribution is -2.38.